The van der Waals surface area contributed by atoms with E-state index in [1.165, 1.54) is 0 Å². The Hall–Kier alpha value is -0.980. The highest BCUT2D eigenvalue weighted by atomic mass is 16.3. The monoisotopic (exact) mass is 190 g/mol. The molecule has 1 N–H and O–H groups in total. The number of aliphatic hydroxyl groups excluding tert-OH is 1. The maximum Gasteiger partial charge on any atom is 0.115 e. The summed E-state index contributed by atoms with van der Waals surface area (Å²) in [6.45, 7) is 6.42. The minimum Gasteiger partial charge on any atom is -0.508 e. The number of fused-ring (bicyclic) bond motifs is 1. The normalized spacial score (nSPS) is 31.1. The van der Waals surface area contributed by atoms with Crippen LogP contribution >= 0.6 is 0 Å². The average Bonchev–Trinajstić information content (AvgIpc) is 2.47. The Morgan fingerprint density at radius 3 is 2.64 bits per heavy atom. The highest BCUT2D eigenvalue weighted by Crippen LogP contribution is 2.40. The molecule has 0 amide bonds. The highest BCUT2D eigenvalue weighted by molar-refractivity contribution is 5.38. The van der Waals surface area contributed by atoms with Crippen LogP contribution in [-0.4, -0.2) is 5.11 Å². The van der Waals surface area contributed by atoms with Crippen LogP contribution in [0, 0.1) is 17.3 Å². The van der Waals surface area contributed by atoms with E-state index in [0.717, 1.165) is 12.0 Å². The third kappa shape index (κ3) is 1.52. The van der Waals surface area contributed by atoms with E-state index in [1.54, 1.807) is 0 Å². The smallest absolute Gasteiger partial charge is 0.115 e. The molecule has 0 radical (unpaired) electrons. The summed E-state index contributed by atoms with van der Waals surface area (Å²) >= 11 is 0. The molecule has 0 aromatic rings. The molecule has 14 heavy (non-hydrogen) atoms. The van der Waals surface area contributed by atoms with E-state index in [9.17, 15) is 5.11 Å². The molecule has 1 nitrogen and oxygen atoms in total. The van der Waals surface area contributed by atoms with Gasteiger partial charge < -0.3 is 5.11 Å². The van der Waals surface area contributed by atoms with Crippen LogP contribution < -0.4 is 0 Å². The molecule has 1 heteroatoms. The Kier molecular flexibility index (Phi) is 2.06. The van der Waals surface area contributed by atoms with Crippen LogP contribution in [0.4, 0.5) is 0 Å². The van der Waals surface area contributed by atoms with Gasteiger partial charge >= 0.3 is 0 Å². The molecule has 2 rings (SSSR count). The SMILES string of the molecule is CC(C)(C)C1=CC2C=CCC2C=C1O. The molecule has 0 aromatic heterocycles. The van der Waals surface area contributed by atoms with Crippen molar-refractivity contribution in [3.05, 3.63) is 35.6 Å². The van der Waals surface area contributed by atoms with Gasteiger partial charge in [-0.1, -0.05) is 39.0 Å². The summed E-state index contributed by atoms with van der Waals surface area (Å²) in [4.78, 5) is 0. The quantitative estimate of drug-likeness (QED) is 0.578. The van der Waals surface area contributed by atoms with Gasteiger partial charge in [0.1, 0.15) is 5.76 Å². The fourth-order valence-electron chi connectivity index (χ4n) is 2.26. The first kappa shape index (κ1) is 9.57. The summed E-state index contributed by atoms with van der Waals surface area (Å²) in [6.07, 6.45) is 9.78. The molecule has 0 saturated heterocycles. The fourth-order valence-corrected chi connectivity index (χ4v) is 2.26. The summed E-state index contributed by atoms with van der Waals surface area (Å²) in [5.74, 6) is 1.50. The Balaban J connectivity index is 2.34. The van der Waals surface area contributed by atoms with Gasteiger partial charge in [-0.2, -0.15) is 0 Å². The third-order valence-corrected chi connectivity index (χ3v) is 3.08. The van der Waals surface area contributed by atoms with Crippen molar-refractivity contribution >= 4 is 0 Å². The van der Waals surface area contributed by atoms with Crippen LogP contribution in [0.15, 0.2) is 35.6 Å². The van der Waals surface area contributed by atoms with Gasteiger partial charge in [-0.25, -0.2) is 0 Å². The summed E-state index contributed by atoms with van der Waals surface area (Å²) < 4.78 is 0. The second-order valence-electron chi connectivity index (χ2n) is 5.29. The number of hydrogen-bond donors (Lipinski definition) is 1. The van der Waals surface area contributed by atoms with Gasteiger partial charge in [0.25, 0.3) is 0 Å². The van der Waals surface area contributed by atoms with Crippen molar-refractivity contribution in [1.29, 1.82) is 0 Å². The molecular formula is C13H18O. The predicted octanol–water partition coefficient (Wildman–Crippen LogP) is 3.61. The van der Waals surface area contributed by atoms with Gasteiger partial charge in [0.15, 0.2) is 0 Å². The van der Waals surface area contributed by atoms with Crippen LogP contribution in [0.2, 0.25) is 0 Å². The largest absolute Gasteiger partial charge is 0.508 e. The van der Waals surface area contributed by atoms with E-state index < -0.39 is 0 Å². The van der Waals surface area contributed by atoms with Crippen LogP contribution in [0.1, 0.15) is 27.2 Å². The minimum atomic E-state index is 0.0436. The third-order valence-electron chi connectivity index (χ3n) is 3.08. The van der Waals surface area contributed by atoms with E-state index in [4.69, 9.17) is 0 Å². The summed E-state index contributed by atoms with van der Waals surface area (Å²) in [5.41, 5.74) is 1.13. The lowest BCUT2D eigenvalue weighted by Gasteiger charge is -2.29. The summed E-state index contributed by atoms with van der Waals surface area (Å²) in [5, 5.41) is 9.92. The van der Waals surface area contributed by atoms with Crippen LogP contribution in [0.25, 0.3) is 0 Å². The number of rotatable bonds is 0. The lowest BCUT2D eigenvalue weighted by Crippen LogP contribution is -2.19. The van der Waals surface area contributed by atoms with E-state index in [0.29, 0.717) is 17.6 Å². The summed E-state index contributed by atoms with van der Waals surface area (Å²) in [6, 6.07) is 0. The van der Waals surface area contributed by atoms with E-state index in [1.807, 2.05) is 6.08 Å². The van der Waals surface area contributed by atoms with E-state index in [2.05, 4.69) is 39.0 Å². The van der Waals surface area contributed by atoms with Gasteiger partial charge in [-0.3, -0.25) is 0 Å². The van der Waals surface area contributed by atoms with Gasteiger partial charge in [0, 0.05) is 5.92 Å². The van der Waals surface area contributed by atoms with Crippen molar-refractivity contribution in [1.82, 2.24) is 0 Å². The lowest BCUT2D eigenvalue weighted by molar-refractivity contribution is 0.357. The zero-order valence-electron chi connectivity index (χ0n) is 9.12. The first-order valence-corrected chi connectivity index (χ1v) is 5.28. The Morgan fingerprint density at radius 1 is 1.29 bits per heavy atom. The molecule has 2 aliphatic carbocycles. The lowest BCUT2D eigenvalue weighted by atomic mass is 9.77. The second-order valence-corrected chi connectivity index (χ2v) is 5.29. The Morgan fingerprint density at radius 2 is 2.00 bits per heavy atom. The van der Waals surface area contributed by atoms with Gasteiger partial charge in [-0.15, -0.1) is 0 Å². The fraction of sp³-hybridized carbons (Fsp3) is 0.538. The van der Waals surface area contributed by atoms with Gasteiger partial charge in [-0.05, 0) is 29.4 Å². The zero-order chi connectivity index (χ0) is 10.3. The molecular weight excluding hydrogens is 172 g/mol. The van der Waals surface area contributed by atoms with Crippen LogP contribution in [0.3, 0.4) is 0 Å². The van der Waals surface area contributed by atoms with Crippen molar-refractivity contribution in [2.45, 2.75) is 27.2 Å². The zero-order valence-corrected chi connectivity index (χ0v) is 9.12. The molecule has 0 saturated carbocycles. The molecule has 0 heterocycles. The van der Waals surface area contributed by atoms with Crippen molar-refractivity contribution in [2.75, 3.05) is 0 Å². The summed E-state index contributed by atoms with van der Waals surface area (Å²) in [7, 11) is 0. The molecule has 0 aliphatic heterocycles. The topological polar surface area (TPSA) is 20.2 Å². The number of aliphatic hydroxyl groups is 1. The molecule has 2 unspecified atom stereocenters. The van der Waals surface area contributed by atoms with Gasteiger partial charge in [0.2, 0.25) is 0 Å². The molecule has 76 valence electrons. The minimum absolute atomic E-state index is 0.0436. The Labute approximate surface area is 85.8 Å². The van der Waals surface area contributed by atoms with E-state index >= 15 is 0 Å². The van der Waals surface area contributed by atoms with Crippen molar-refractivity contribution in [3.8, 4) is 0 Å². The molecule has 0 bridgehead atoms. The predicted molar refractivity (Wildman–Crippen MR) is 59.0 cm³/mol. The van der Waals surface area contributed by atoms with Crippen molar-refractivity contribution < 1.29 is 5.11 Å². The number of allylic oxidation sites excluding steroid dienone is 5. The maximum atomic E-state index is 9.92. The van der Waals surface area contributed by atoms with Crippen molar-refractivity contribution in [2.24, 2.45) is 17.3 Å². The first-order chi connectivity index (χ1) is 6.48. The van der Waals surface area contributed by atoms with E-state index in [-0.39, 0.29) is 5.41 Å². The molecule has 0 spiro atoms. The second kappa shape index (κ2) is 3.01. The van der Waals surface area contributed by atoms with Crippen molar-refractivity contribution in [3.63, 3.8) is 0 Å². The molecule has 2 aliphatic rings. The van der Waals surface area contributed by atoms with Crippen LogP contribution in [0.5, 0.6) is 0 Å². The average molecular weight is 190 g/mol. The number of hydrogen-bond acceptors (Lipinski definition) is 1. The molecule has 0 aromatic carbocycles. The highest BCUT2D eigenvalue weighted by Gasteiger charge is 2.30. The molecule has 0 fully saturated rings. The first-order valence-electron chi connectivity index (χ1n) is 5.28. The van der Waals surface area contributed by atoms with Gasteiger partial charge in [0.05, 0.1) is 0 Å². The molecule has 2 atom stereocenters. The Bertz CT molecular complexity index is 326. The maximum absolute atomic E-state index is 9.92. The van der Waals surface area contributed by atoms with Crippen LogP contribution in [-0.2, 0) is 0 Å². The standard InChI is InChI=1S/C13H18O/c1-13(2,3)11-7-9-5-4-6-10(9)8-12(11)14/h4-5,7-10,14H,6H2,1-3H3.